The van der Waals surface area contributed by atoms with Gasteiger partial charge in [0.1, 0.15) is 12.1 Å². The molecule has 0 radical (unpaired) electrons. The van der Waals surface area contributed by atoms with E-state index < -0.39 is 47.2 Å². The van der Waals surface area contributed by atoms with Crippen LogP contribution >= 0.6 is 11.3 Å². The molecule has 11 nitrogen and oxygen atoms in total. The average Bonchev–Trinajstić information content (AvgIpc) is 3.60. The predicted molar refractivity (Wildman–Crippen MR) is 148 cm³/mol. The summed E-state index contributed by atoms with van der Waals surface area (Å²) >= 11 is 1.30. The molecule has 42 heavy (non-hydrogen) atoms. The van der Waals surface area contributed by atoms with Gasteiger partial charge >= 0.3 is 11.9 Å². The Balaban J connectivity index is 1.54. The molecule has 3 atom stereocenters. The van der Waals surface area contributed by atoms with Crippen molar-refractivity contribution in [1.29, 1.82) is 0 Å². The highest BCUT2D eigenvalue weighted by Gasteiger charge is 2.49. The van der Waals surface area contributed by atoms with Crippen LogP contribution < -0.4 is 5.32 Å². The van der Waals surface area contributed by atoms with E-state index in [2.05, 4.69) is 10.3 Å². The molecule has 0 bridgehead atoms. The number of morpholine rings is 1. The normalized spacial score (nSPS) is 23.0. The number of carboxylic acids is 1. The Hall–Kier alpha value is -3.75. The number of halogens is 2. The molecule has 0 aliphatic carbocycles. The molecule has 0 spiro atoms. The molecule has 14 heteroatoms. The monoisotopic (exact) mass is 603 g/mol. The van der Waals surface area contributed by atoms with Crippen LogP contribution in [0.3, 0.4) is 0 Å². The summed E-state index contributed by atoms with van der Waals surface area (Å²) in [7, 11) is 1.22. The number of nitrogens with one attached hydrogen (secondary N) is 1. The number of amides is 1. The predicted octanol–water partition coefficient (Wildman–Crippen LogP) is 2.27. The number of likely N-dealkylation sites (tertiary alicyclic amines) is 1. The smallest absolute Gasteiger partial charge is 0.338 e. The lowest BCUT2D eigenvalue weighted by Crippen LogP contribution is -2.54. The second kappa shape index (κ2) is 11.5. The quantitative estimate of drug-likeness (QED) is 0.436. The van der Waals surface area contributed by atoms with Crippen LogP contribution in [-0.2, 0) is 23.9 Å². The second-order valence-electron chi connectivity index (χ2n) is 11.0. The van der Waals surface area contributed by atoms with Crippen LogP contribution in [0.5, 0.6) is 0 Å². The molecule has 2 aromatic rings. The van der Waals surface area contributed by atoms with Gasteiger partial charge in [-0.25, -0.2) is 18.6 Å². The standard InChI is InChI=1S/C28H31F2N5O6S/c1-14-15(5-6-16(29)20(14)30)21-19(26(37)40-4)17(32-23(33-21)24-31-7-10-42-24)11-34-8-9-41-18-12-35(25(36)22(18)34)13-28(2,3)27(38)39/h5-7,10,18,21-22H,8-9,11-13H2,1-4H3,(H,32,33)(H,38,39)/t18-,21?,22-/m0/s1. The Morgan fingerprint density at radius 3 is 2.74 bits per heavy atom. The SMILES string of the molecule is COC(=O)C1=C(CN2CCO[C@H]3CN(CC(C)(C)C(=O)O)C(=O)[C@H]32)NC(c2nccs2)=NC1c1ccc(F)c(F)c1C. The number of rotatable bonds is 8. The first-order valence-electron chi connectivity index (χ1n) is 13.3. The van der Waals surface area contributed by atoms with Crippen LogP contribution in [0, 0.1) is 24.0 Å². The van der Waals surface area contributed by atoms with E-state index in [9.17, 15) is 28.3 Å². The third kappa shape index (κ3) is 5.41. The van der Waals surface area contributed by atoms with Gasteiger partial charge in [0, 0.05) is 43.5 Å². The number of amidine groups is 1. The van der Waals surface area contributed by atoms with Crippen LogP contribution in [0.2, 0.25) is 0 Å². The number of ether oxygens (including phenoxy) is 2. The van der Waals surface area contributed by atoms with Gasteiger partial charge in [-0.15, -0.1) is 11.3 Å². The highest BCUT2D eigenvalue weighted by molar-refractivity contribution is 7.11. The molecule has 0 saturated carbocycles. The van der Waals surface area contributed by atoms with Gasteiger partial charge in [0.15, 0.2) is 22.5 Å². The maximum Gasteiger partial charge on any atom is 0.338 e. The fraction of sp³-hybridized carbons (Fsp3) is 0.464. The van der Waals surface area contributed by atoms with Gasteiger partial charge in [-0.05, 0) is 38.0 Å². The van der Waals surface area contributed by atoms with Crippen molar-refractivity contribution in [2.45, 2.75) is 39.0 Å². The number of fused-ring (bicyclic) bond motifs is 1. The fourth-order valence-electron chi connectivity index (χ4n) is 5.52. The molecule has 1 aromatic carbocycles. The van der Waals surface area contributed by atoms with Crippen molar-refractivity contribution in [3.05, 3.63) is 62.7 Å². The Bertz CT molecular complexity index is 1480. The first kappa shape index (κ1) is 29.7. The van der Waals surface area contributed by atoms with E-state index in [1.165, 1.54) is 36.3 Å². The van der Waals surface area contributed by atoms with E-state index >= 15 is 0 Å². The lowest BCUT2D eigenvalue weighted by molar-refractivity contribution is -0.149. The van der Waals surface area contributed by atoms with Gasteiger partial charge in [0.2, 0.25) is 5.91 Å². The first-order chi connectivity index (χ1) is 19.9. The zero-order valence-electron chi connectivity index (χ0n) is 23.5. The Kier molecular flexibility index (Phi) is 8.14. The van der Waals surface area contributed by atoms with E-state index in [-0.39, 0.29) is 42.2 Å². The van der Waals surface area contributed by atoms with Crippen molar-refractivity contribution >= 4 is 35.0 Å². The molecule has 2 saturated heterocycles. The van der Waals surface area contributed by atoms with E-state index in [4.69, 9.17) is 14.5 Å². The largest absolute Gasteiger partial charge is 0.481 e. The molecule has 2 fully saturated rings. The molecule has 1 aromatic heterocycles. The zero-order valence-corrected chi connectivity index (χ0v) is 24.3. The summed E-state index contributed by atoms with van der Waals surface area (Å²) in [5.74, 6) is -3.75. The number of aliphatic imine (C=N–C) groups is 1. The second-order valence-corrected chi connectivity index (χ2v) is 11.9. The topological polar surface area (TPSA) is 134 Å². The van der Waals surface area contributed by atoms with Gasteiger partial charge in [-0.3, -0.25) is 19.5 Å². The Morgan fingerprint density at radius 2 is 2.07 bits per heavy atom. The summed E-state index contributed by atoms with van der Waals surface area (Å²) in [5, 5.41) is 15.1. The summed E-state index contributed by atoms with van der Waals surface area (Å²) in [6.07, 6.45) is 1.09. The minimum absolute atomic E-state index is 0.000939. The minimum atomic E-state index is -1.16. The van der Waals surface area contributed by atoms with E-state index in [1.54, 1.807) is 25.4 Å². The fourth-order valence-corrected chi connectivity index (χ4v) is 6.11. The first-order valence-corrected chi connectivity index (χ1v) is 14.2. The van der Waals surface area contributed by atoms with Gasteiger partial charge in [0.05, 0.1) is 30.8 Å². The molecular weight excluding hydrogens is 572 g/mol. The summed E-state index contributed by atoms with van der Waals surface area (Å²) in [6, 6.07) is 0.610. The average molecular weight is 604 g/mol. The van der Waals surface area contributed by atoms with Gasteiger partial charge in [-0.1, -0.05) is 6.07 Å². The number of benzene rings is 1. The van der Waals surface area contributed by atoms with E-state index in [0.717, 1.165) is 6.07 Å². The number of thiazole rings is 1. The van der Waals surface area contributed by atoms with Crippen LogP contribution in [0.15, 0.2) is 40.0 Å². The molecule has 4 heterocycles. The number of methoxy groups -OCH3 is 1. The number of aromatic nitrogens is 1. The van der Waals surface area contributed by atoms with E-state index in [1.807, 2.05) is 4.90 Å². The number of esters is 1. The van der Waals surface area contributed by atoms with Crippen molar-refractivity contribution in [2.24, 2.45) is 10.4 Å². The van der Waals surface area contributed by atoms with Crippen LogP contribution in [0.25, 0.3) is 0 Å². The summed E-state index contributed by atoms with van der Waals surface area (Å²) in [4.78, 5) is 51.0. The van der Waals surface area contributed by atoms with Crippen LogP contribution in [-0.4, -0.2) is 95.6 Å². The van der Waals surface area contributed by atoms with Crippen molar-refractivity contribution in [2.75, 3.05) is 39.9 Å². The summed E-state index contributed by atoms with van der Waals surface area (Å²) in [6.45, 7) is 5.50. The number of carbonyl (C=O) groups is 3. The van der Waals surface area contributed by atoms with Gasteiger partial charge in [-0.2, -0.15) is 0 Å². The van der Waals surface area contributed by atoms with E-state index in [0.29, 0.717) is 29.7 Å². The minimum Gasteiger partial charge on any atom is -0.481 e. The number of hydrogen-bond donors (Lipinski definition) is 2. The molecule has 2 N–H and O–H groups in total. The maximum absolute atomic E-state index is 14.7. The maximum atomic E-state index is 14.7. The number of carbonyl (C=O) groups excluding carboxylic acids is 2. The van der Waals surface area contributed by atoms with Gasteiger partial charge < -0.3 is 24.8 Å². The molecule has 224 valence electrons. The third-order valence-electron chi connectivity index (χ3n) is 7.79. The summed E-state index contributed by atoms with van der Waals surface area (Å²) in [5.41, 5.74) is -0.424. The number of carboxylic acid groups (broad SMARTS) is 1. The van der Waals surface area contributed by atoms with Crippen molar-refractivity contribution in [1.82, 2.24) is 20.1 Å². The summed E-state index contributed by atoms with van der Waals surface area (Å²) < 4.78 is 39.8. The Labute approximate surface area is 244 Å². The molecule has 5 rings (SSSR count). The number of hydrogen-bond acceptors (Lipinski definition) is 10. The lowest BCUT2D eigenvalue weighted by Gasteiger charge is -2.37. The van der Waals surface area contributed by atoms with Crippen molar-refractivity contribution in [3.63, 3.8) is 0 Å². The van der Waals surface area contributed by atoms with Gasteiger partial charge in [0.25, 0.3) is 0 Å². The number of nitrogens with zero attached hydrogens (tertiary/aromatic N) is 4. The molecular formula is C28H31F2N5O6S. The third-order valence-corrected chi connectivity index (χ3v) is 8.57. The highest BCUT2D eigenvalue weighted by atomic mass is 32.1. The van der Waals surface area contributed by atoms with Crippen molar-refractivity contribution < 1.29 is 37.7 Å². The van der Waals surface area contributed by atoms with Crippen molar-refractivity contribution in [3.8, 4) is 0 Å². The molecule has 1 unspecified atom stereocenters. The highest BCUT2D eigenvalue weighted by Crippen LogP contribution is 2.37. The zero-order chi connectivity index (χ0) is 30.3. The number of aliphatic carboxylic acids is 1. The van der Waals surface area contributed by atoms with Crippen LogP contribution in [0.1, 0.15) is 36.0 Å². The van der Waals surface area contributed by atoms with Crippen LogP contribution in [0.4, 0.5) is 8.78 Å². The molecule has 3 aliphatic heterocycles. The molecule has 1 amide bonds. The lowest BCUT2D eigenvalue weighted by atomic mass is 9.91. The Morgan fingerprint density at radius 1 is 1.31 bits per heavy atom. The molecule has 3 aliphatic rings.